The van der Waals surface area contributed by atoms with E-state index in [2.05, 4.69) is 37.1 Å². The first-order valence-corrected chi connectivity index (χ1v) is 11.6. The van der Waals surface area contributed by atoms with Crippen LogP contribution in [0.5, 0.6) is 0 Å². The Morgan fingerprint density at radius 3 is 2.67 bits per heavy atom. The molecule has 0 radical (unpaired) electrons. The summed E-state index contributed by atoms with van der Waals surface area (Å²) in [6, 6.07) is 14.1. The van der Waals surface area contributed by atoms with Crippen molar-refractivity contribution < 1.29 is 4.79 Å². The normalized spacial score (nSPS) is 12.3. The number of nitrogens with zero attached hydrogens (tertiary/aromatic N) is 3. The zero-order valence-electron chi connectivity index (χ0n) is 18.4. The highest BCUT2D eigenvalue weighted by atomic mass is 32.1. The molecule has 1 N–H and O–H groups in total. The highest BCUT2D eigenvalue weighted by Gasteiger charge is 2.19. The van der Waals surface area contributed by atoms with Gasteiger partial charge in [0.1, 0.15) is 11.4 Å². The van der Waals surface area contributed by atoms with E-state index in [0.29, 0.717) is 5.69 Å². The SMILES string of the molecule is CCN(CC)CCCC(C)NC(=O)c1cc(-c2cccs2)nn1-c1cccc(C)c1. The minimum atomic E-state index is -0.0813. The number of carbonyl (C=O) groups is 1. The van der Waals surface area contributed by atoms with Crippen LogP contribution >= 0.6 is 11.3 Å². The predicted octanol–water partition coefficient (Wildman–Crippen LogP) is 5.15. The Morgan fingerprint density at radius 1 is 1.20 bits per heavy atom. The highest BCUT2D eigenvalue weighted by Crippen LogP contribution is 2.26. The Kier molecular flexibility index (Phi) is 7.82. The first-order valence-electron chi connectivity index (χ1n) is 10.8. The van der Waals surface area contributed by atoms with Gasteiger partial charge in [-0.25, -0.2) is 4.68 Å². The number of benzene rings is 1. The number of hydrogen-bond acceptors (Lipinski definition) is 4. The van der Waals surface area contributed by atoms with Crippen LogP contribution in [0.25, 0.3) is 16.3 Å². The van der Waals surface area contributed by atoms with Crippen molar-refractivity contribution in [3.63, 3.8) is 0 Å². The minimum absolute atomic E-state index is 0.0813. The second-order valence-corrected chi connectivity index (χ2v) is 8.63. The molecular weight excluding hydrogens is 392 g/mol. The van der Waals surface area contributed by atoms with Crippen LogP contribution in [0.1, 0.15) is 49.7 Å². The Hall–Kier alpha value is -2.44. The second-order valence-electron chi connectivity index (χ2n) is 7.69. The van der Waals surface area contributed by atoms with Crippen molar-refractivity contribution in [3.8, 4) is 16.3 Å². The van der Waals surface area contributed by atoms with E-state index in [1.165, 1.54) is 0 Å². The van der Waals surface area contributed by atoms with Gasteiger partial charge in [0.2, 0.25) is 0 Å². The van der Waals surface area contributed by atoms with E-state index in [4.69, 9.17) is 5.10 Å². The second kappa shape index (κ2) is 10.5. The quantitative estimate of drug-likeness (QED) is 0.490. The third kappa shape index (κ3) is 5.58. The molecule has 1 amide bonds. The summed E-state index contributed by atoms with van der Waals surface area (Å²) in [4.78, 5) is 16.6. The summed E-state index contributed by atoms with van der Waals surface area (Å²) < 4.78 is 1.76. The summed E-state index contributed by atoms with van der Waals surface area (Å²) in [6.45, 7) is 11.7. The summed E-state index contributed by atoms with van der Waals surface area (Å²) in [5, 5.41) is 9.96. The maximum atomic E-state index is 13.1. The predicted molar refractivity (Wildman–Crippen MR) is 126 cm³/mol. The molecule has 0 aliphatic rings. The van der Waals surface area contributed by atoms with Crippen molar-refractivity contribution in [1.82, 2.24) is 20.0 Å². The smallest absolute Gasteiger partial charge is 0.270 e. The zero-order chi connectivity index (χ0) is 21.5. The molecule has 0 aliphatic carbocycles. The van der Waals surface area contributed by atoms with Gasteiger partial charge in [-0.15, -0.1) is 11.3 Å². The van der Waals surface area contributed by atoms with E-state index in [9.17, 15) is 4.79 Å². The molecule has 5 nitrogen and oxygen atoms in total. The zero-order valence-corrected chi connectivity index (χ0v) is 19.2. The van der Waals surface area contributed by atoms with Gasteiger partial charge in [0, 0.05) is 6.04 Å². The molecule has 2 heterocycles. The number of hydrogen-bond donors (Lipinski definition) is 1. The Labute approximate surface area is 183 Å². The number of aryl methyl sites for hydroxylation is 1. The lowest BCUT2D eigenvalue weighted by molar-refractivity contribution is 0.0929. The molecule has 2 aromatic heterocycles. The van der Waals surface area contributed by atoms with Crippen LogP contribution in [0.2, 0.25) is 0 Å². The van der Waals surface area contributed by atoms with Crippen LogP contribution in [0, 0.1) is 6.92 Å². The van der Waals surface area contributed by atoms with Crippen LogP contribution in [-0.4, -0.2) is 46.3 Å². The average molecular weight is 425 g/mol. The number of aromatic nitrogens is 2. The third-order valence-electron chi connectivity index (χ3n) is 5.35. The van der Waals surface area contributed by atoms with Gasteiger partial charge in [0.05, 0.1) is 10.6 Å². The first kappa shape index (κ1) is 22.2. The van der Waals surface area contributed by atoms with E-state index in [-0.39, 0.29) is 11.9 Å². The lowest BCUT2D eigenvalue weighted by Gasteiger charge is -2.20. The van der Waals surface area contributed by atoms with E-state index >= 15 is 0 Å². The number of carbonyl (C=O) groups excluding carboxylic acids is 1. The fourth-order valence-corrected chi connectivity index (χ4v) is 4.26. The van der Waals surface area contributed by atoms with E-state index in [1.807, 2.05) is 48.7 Å². The Bertz CT molecular complexity index is 944. The molecule has 0 aliphatic heterocycles. The molecule has 1 unspecified atom stereocenters. The van der Waals surface area contributed by atoms with Gasteiger partial charge < -0.3 is 10.2 Å². The van der Waals surface area contributed by atoms with Gasteiger partial charge in [0.25, 0.3) is 5.91 Å². The summed E-state index contributed by atoms with van der Waals surface area (Å²) in [6.07, 6.45) is 2.03. The molecule has 1 aromatic carbocycles. The molecule has 6 heteroatoms. The molecule has 0 fully saturated rings. The van der Waals surface area contributed by atoms with Crippen molar-refractivity contribution in [2.45, 2.75) is 46.6 Å². The van der Waals surface area contributed by atoms with Crippen molar-refractivity contribution in [2.24, 2.45) is 0 Å². The molecule has 0 saturated carbocycles. The van der Waals surface area contributed by atoms with Crippen LogP contribution in [0.3, 0.4) is 0 Å². The molecular formula is C24H32N4OS. The molecule has 0 bridgehead atoms. The van der Waals surface area contributed by atoms with Gasteiger partial charge >= 0.3 is 0 Å². The lowest BCUT2D eigenvalue weighted by Crippen LogP contribution is -2.34. The molecule has 0 spiro atoms. The van der Waals surface area contributed by atoms with Crippen molar-refractivity contribution >= 4 is 17.2 Å². The van der Waals surface area contributed by atoms with Crippen LogP contribution < -0.4 is 5.32 Å². The molecule has 3 aromatic rings. The van der Waals surface area contributed by atoms with Crippen LogP contribution in [0.15, 0.2) is 47.8 Å². The van der Waals surface area contributed by atoms with E-state index < -0.39 is 0 Å². The minimum Gasteiger partial charge on any atom is -0.348 e. The molecule has 30 heavy (non-hydrogen) atoms. The molecule has 3 rings (SSSR count). The number of rotatable bonds is 10. The highest BCUT2D eigenvalue weighted by molar-refractivity contribution is 7.13. The number of nitrogens with one attached hydrogen (secondary N) is 1. The summed E-state index contributed by atoms with van der Waals surface area (Å²) >= 11 is 1.63. The topological polar surface area (TPSA) is 50.2 Å². The van der Waals surface area contributed by atoms with Gasteiger partial charge in [-0.3, -0.25) is 4.79 Å². The maximum absolute atomic E-state index is 13.1. The van der Waals surface area contributed by atoms with Gasteiger partial charge in [-0.05, 0) is 81.5 Å². The largest absolute Gasteiger partial charge is 0.348 e. The molecule has 160 valence electrons. The fraction of sp³-hybridized carbons (Fsp3) is 0.417. The third-order valence-corrected chi connectivity index (χ3v) is 6.24. The number of amides is 1. The Morgan fingerprint density at radius 2 is 2.00 bits per heavy atom. The number of thiophene rings is 1. The monoisotopic (exact) mass is 424 g/mol. The van der Waals surface area contributed by atoms with Crippen LogP contribution in [0.4, 0.5) is 0 Å². The summed E-state index contributed by atoms with van der Waals surface area (Å²) in [5.41, 5.74) is 3.43. The summed E-state index contributed by atoms with van der Waals surface area (Å²) in [7, 11) is 0. The van der Waals surface area contributed by atoms with Crippen molar-refractivity contribution in [3.05, 3.63) is 59.1 Å². The standard InChI is InChI=1S/C24H32N4OS/c1-5-27(6-2)14-8-11-19(4)25-24(29)22-17-21(23-13-9-15-30-23)26-28(22)20-12-7-10-18(3)16-20/h7,9-10,12-13,15-17,19H,5-6,8,11,14H2,1-4H3,(H,25,29). The Balaban J connectivity index is 1.77. The van der Waals surface area contributed by atoms with E-state index in [0.717, 1.165) is 54.3 Å². The van der Waals surface area contributed by atoms with E-state index in [1.54, 1.807) is 16.0 Å². The summed E-state index contributed by atoms with van der Waals surface area (Å²) in [5.74, 6) is -0.0813. The van der Waals surface area contributed by atoms with Crippen LogP contribution in [-0.2, 0) is 0 Å². The first-order chi connectivity index (χ1) is 14.5. The average Bonchev–Trinajstić information content (AvgIpc) is 3.41. The van der Waals surface area contributed by atoms with Crippen molar-refractivity contribution in [2.75, 3.05) is 19.6 Å². The van der Waals surface area contributed by atoms with Gasteiger partial charge in [-0.1, -0.05) is 32.0 Å². The lowest BCUT2D eigenvalue weighted by atomic mass is 10.1. The fourth-order valence-electron chi connectivity index (χ4n) is 3.57. The van der Waals surface area contributed by atoms with Gasteiger partial charge in [-0.2, -0.15) is 5.10 Å². The van der Waals surface area contributed by atoms with Crippen molar-refractivity contribution in [1.29, 1.82) is 0 Å². The molecule has 0 saturated heterocycles. The molecule has 1 atom stereocenters. The maximum Gasteiger partial charge on any atom is 0.270 e. The van der Waals surface area contributed by atoms with Gasteiger partial charge in [0.15, 0.2) is 0 Å².